The Morgan fingerprint density at radius 3 is 2.44 bits per heavy atom. The number of fused-ring (bicyclic) bond motifs is 2. The molecular formula is C30H46N6. The van der Waals surface area contributed by atoms with Crippen LogP contribution in [0.1, 0.15) is 129 Å². The van der Waals surface area contributed by atoms with Crippen LogP contribution in [0.25, 0.3) is 0 Å². The van der Waals surface area contributed by atoms with Gasteiger partial charge in [-0.1, -0.05) is 66.7 Å². The molecule has 0 fully saturated rings. The molecule has 1 atom stereocenters. The first-order chi connectivity index (χ1) is 16.9. The second-order valence-electron chi connectivity index (χ2n) is 12.6. The second kappa shape index (κ2) is 10.1. The van der Waals surface area contributed by atoms with Crippen molar-refractivity contribution >= 4 is 22.8 Å². The van der Waals surface area contributed by atoms with Crippen molar-refractivity contribution in [2.75, 3.05) is 11.4 Å². The minimum Gasteiger partial charge on any atom is -0.366 e. The van der Waals surface area contributed by atoms with Gasteiger partial charge in [0.05, 0.1) is 11.4 Å². The van der Waals surface area contributed by atoms with Crippen LogP contribution in [0.15, 0.2) is 22.2 Å². The molecule has 0 N–H and O–H groups in total. The Bertz CT molecular complexity index is 1160. The lowest BCUT2D eigenvalue weighted by Gasteiger charge is -2.48. The summed E-state index contributed by atoms with van der Waals surface area (Å²) in [6, 6.07) is 4.69. The van der Waals surface area contributed by atoms with Crippen molar-refractivity contribution in [1.82, 2.24) is 14.9 Å². The average molecular weight is 491 g/mol. The molecule has 6 nitrogen and oxygen atoms in total. The molecule has 0 aliphatic carbocycles. The molecule has 1 aromatic carbocycles. The summed E-state index contributed by atoms with van der Waals surface area (Å²) in [5, 5.41) is 9.23. The predicted molar refractivity (Wildman–Crippen MR) is 152 cm³/mol. The van der Waals surface area contributed by atoms with Crippen molar-refractivity contribution < 1.29 is 0 Å². The lowest BCUT2D eigenvalue weighted by atomic mass is 9.79. The SMILES string of the molecule is CCCCCCCCN1c2cc(C)c(N=C3C(C)=Nn4nc(C(C)(C)C)nc43)cc2C(C)CC1(C)C. The Kier molecular flexibility index (Phi) is 7.45. The Morgan fingerprint density at radius 2 is 1.75 bits per heavy atom. The second-order valence-corrected chi connectivity index (χ2v) is 12.6. The van der Waals surface area contributed by atoms with Crippen molar-refractivity contribution in [3.8, 4) is 0 Å². The van der Waals surface area contributed by atoms with E-state index >= 15 is 0 Å². The molecule has 2 aliphatic heterocycles. The highest BCUT2D eigenvalue weighted by atomic mass is 15.6. The fraction of sp³-hybridized carbons (Fsp3) is 0.667. The summed E-state index contributed by atoms with van der Waals surface area (Å²) in [4.78, 5) is 14.3. The number of aromatic nitrogens is 3. The van der Waals surface area contributed by atoms with Gasteiger partial charge in [-0.25, -0.2) is 9.98 Å². The standard InChI is InChI=1S/C30H46N6/c1-10-11-12-13-14-15-16-35-25-17-20(2)24(18-23(25)21(3)19-30(35,8)9)31-26-22(4)33-36-27(26)32-28(34-36)29(5,6)7/h17-18,21H,10-16,19H2,1-9H3. The van der Waals surface area contributed by atoms with E-state index < -0.39 is 0 Å². The van der Waals surface area contributed by atoms with E-state index in [0.29, 0.717) is 5.92 Å². The summed E-state index contributed by atoms with van der Waals surface area (Å²) in [6.07, 6.45) is 9.10. The molecule has 0 saturated heterocycles. The van der Waals surface area contributed by atoms with Crippen LogP contribution in [0, 0.1) is 6.92 Å². The van der Waals surface area contributed by atoms with Gasteiger partial charge in [0.25, 0.3) is 0 Å². The number of aliphatic imine (C=N–C) groups is 1. The monoisotopic (exact) mass is 490 g/mol. The van der Waals surface area contributed by atoms with Crippen LogP contribution < -0.4 is 4.90 Å². The zero-order chi connectivity index (χ0) is 26.3. The highest BCUT2D eigenvalue weighted by molar-refractivity contribution is 6.48. The third-order valence-corrected chi connectivity index (χ3v) is 7.73. The molecule has 0 amide bonds. The van der Waals surface area contributed by atoms with E-state index in [1.165, 1.54) is 55.3 Å². The number of hydrogen-bond donors (Lipinski definition) is 0. The number of benzene rings is 1. The molecule has 2 aliphatic rings. The summed E-state index contributed by atoms with van der Waals surface area (Å²) >= 11 is 0. The van der Waals surface area contributed by atoms with E-state index in [4.69, 9.17) is 9.98 Å². The van der Waals surface area contributed by atoms with E-state index in [0.717, 1.165) is 41.7 Å². The molecule has 36 heavy (non-hydrogen) atoms. The Balaban J connectivity index is 1.64. The normalized spacial score (nSPS) is 20.0. The minimum atomic E-state index is -0.130. The van der Waals surface area contributed by atoms with Gasteiger partial charge in [0.15, 0.2) is 5.82 Å². The number of unbranched alkanes of at least 4 members (excludes halogenated alkanes) is 5. The van der Waals surface area contributed by atoms with Gasteiger partial charge in [0.2, 0.25) is 5.82 Å². The van der Waals surface area contributed by atoms with Crippen molar-refractivity contribution in [3.63, 3.8) is 0 Å². The van der Waals surface area contributed by atoms with Crippen LogP contribution >= 0.6 is 0 Å². The van der Waals surface area contributed by atoms with Crippen LogP contribution in [0.4, 0.5) is 11.4 Å². The highest BCUT2D eigenvalue weighted by Gasteiger charge is 2.36. The van der Waals surface area contributed by atoms with E-state index in [9.17, 15) is 0 Å². The molecule has 1 unspecified atom stereocenters. The van der Waals surface area contributed by atoms with Crippen LogP contribution in [0.5, 0.6) is 0 Å². The zero-order valence-corrected chi connectivity index (χ0v) is 24.1. The molecule has 0 bridgehead atoms. The quantitative estimate of drug-likeness (QED) is 0.356. The third kappa shape index (κ3) is 5.28. The van der Waals surface area contributed by atoms with Gasteiger partial charge in [0, 0.05) is 23.2 Å². The lowest BCUT2D eigenvalue weighted by molar-refractivity contribution is 0.372. The van der Waals surface area contributed by atoms with Crippen molar-refractivity contribution in [1.29, 1.82) is 0 Å². The predicted octanol–water partition coefficient (Wildman–Crippen LogP) is 7.70. The first kappa shape index (κ1) is 26.6. The zero-order valence-electron chi connectivity index (χ0n) is 24.1. The van der Waals surface area contributed by atoms with E-state index in [2.05, 4.69) is 82.6 Å². The van der Waals surface area contributed by atoms with Gasteiger partial charge in [0.1, 0.15) is 5.71 Å². The Morgan fingerprint density at radius 1 is 1.06 bits per heavy atom. The smallest absolute Gasteiger partial charge is 0.204 e. The third-order valence-electron chi connectivity index (χ3n) is 7.73. The van der Waals surface area contributed by atoms with Gasteiger partial charge >= 0.3 is 0 Å². The maximum atomic E-state index is 5.13. The van der Waals surface area contributed by atoms with Crippen LogP contribution in [0.2, 0.25) is 0 Å². The van der Waals surface area contributed by atoms with Crippen molar-refractivity contribution in [2.24, 2.45) is 10.1 Å². The molecule has 0 spiro atoms. The molecule has 196 valence electrons. The molecule has 3 heterocycles. The summed E-state index contributed by atoms with van der Waals surface area (Å²) in [6.45, 7) is 21.1. The van der Waals surface area contributed by atoms with Gasteiger partial charge in [-0.15, -0.1) is 9.89 Å². The Labute approximate surface area is 218 Å². The number of nitrogens with zero attached hydrogens (tertiary/aromatic N) is 6. The first-order valence-electron chi connectivity index (χ1n) is 14.0. The number of hydrogen-bond acceptors (Lipinski definition) is 5. The van der Waals surface area contributed by atoms with Gasteiger partial charge in [-0.05, 0) is 69.7 Å². The molecule has 1 aromatic heterocycles. The Hall–Kier alpha value is -2.50. The number of rotatable bonds is 8. The van der Waals surface area contributed by atoms with Crippen LogP contribution in [0.3, 0.4) is 0 Å². The molecule has 0 saturated carbocycles. The molecule has 6 heteroatoms. The topological polar surface area (TPSA) is 58.7 Å². The maximum absolute atomic E-state index is 5.13. The summed E-state index contributed by atoms with van der Waals surface area (Å²) < 4.78 is 0. The number of aryl methyl sites for hydroxylation is 1. The molecule has 4 rings (SSSR count). The summed E-state index contributed by atoms with van der Waals surface area (Å²) in [5.41, 5.74) is 6.73. The molecule has 2 aromatic rings. The fourth-order valence-electron chi connectivity index (χ4n) is 5.66. The van der Waals surface area contributed by atoms with Gasteiger partial charge < -0.3 is 4.90 Å². The lowest BCUT2D eigenvalue weighted by Crippen LogP contribution is -2.48. The summed E-state index contributed by atoms with van der Waals surface area (Å²) in [5.74, 6) is 2.03. The van der Waals surface area contributed by atoms with Gasteiger partial charge in [-0.2, -0.15) is 5.10 Å². The van der Waals surface area contributed by atoms with Gasteiger partial charge in [-0.3, -0.25) is 0 Å². The van der Waals surface area contributed by atoms with E-state index in [1.807, 2.05) is 6.92 Å². The summed E-state index contributed by atoms with van der Waals surface area (Å²) in [7, 11) is 0. The average Bonchev–Trinajstić information content (AvgIpc) is 3.31. The van der Waals surface area contributed by atoms with E-state index in [1.54, 1.807) is 4.79 Å². The number of anilines is 1. The molecular weight excluding hydrogens is 444 g/mol. The minimum absolute atomic E-state index is 0.130. The fourth-order valence-corrected chi connectivity index (χ4v) is 5.66. The largest absolute Gasteiger partial charge is 0.366 e. The first-order valence-corrected chi connectivity index (χ1v) is 14.0. The maximum Gasteiger partial charge on any atom is 0.204 e. The molecule has 0 radical (unpaired) electrons. The van der Waals surface area contributed by atoms with Crippen molar-refractivity contribution in [2.45, 2.75) is 124 Å². The van der Waals surface area contributed by atoms with Crippen molar-refractivity contribution in [3.05, 3.63) is 34.9 Å². The van der Waals surface area contributed by atoms with E-state index in [-0.39, 0.29) is 11.0 Å². The highest BCUT2D eigenvalue weighted by Crippen LogP contribution is 2.46. The van der Waals surface area contributed by atoms with Crippen LogP contribution in [-0.4, -0.2) is 38.4 Å². The van der Waals surface area contributed by atoms with Crippen LogP contribution in [-0.2, 0) is 5.41 Å².